The Balaban J connectivity index is 1.86. The predicted molar refractivity (Wildman–Crippen MR) is 95.0 cm³/mol. The van der Waals surface area contributed by atoms with E-state index < -0.39 is 0 Å². The average molecular weight is 341 g/mol. The number of hydrogen-bond donors (Lipinski definition) is 2. The third-order valence-electron chi connectivity index (χ3n) is 4.04. The zero-order valence-electron chi connectivity index (χ0n) is 13.6. The van der Waals surface area contributed by atoms with E-state index in [4.69, 9.17) is 16.6 Å². The molecule has 0 unspecified atom stereocenters. The van der Waals surface area contributed by atoms with Gasteiger partial charge in [-0.05, 0) is 32.9 Å². The van der Waals surface area contributed by atoms with Crippen molar-refractivity contribution in [1.29, 1.82) is 0 Å². The first-order chi connectivity index (χ1) is 11.5. The van der Waals surface area contributed by atoms with Crippen molar-refractivity contribution in [2.45, 2.75) is 26.8 Å². The number of aromatic nitrogens is 6. The fourth-order valence-corrected chi connectivity index (χ4v) is 2.96. The van der Waals surface area contributed by atoms with Crippen LogP contribution in [0, 0.1) is 6.92 Å². The lowest BCUT2D eigenvalue weighted by Crippen LogP contribution is -2.03. The van der Waals surface area contributed by atoms with E-state index in [9.17, 15) is 0 Å². The molecule has 4 aromatic rings. The van der Waals surface area contributed by atoms with Crippen molar-refractivity contribution in [2.75, 3.05) is 0 Å². The van der Waals surface area contributed by atoms with Gasteiger partial charge in [-0.1, -0.05) is 23.7 Å². The number of aryl methyl sites for hydroxylation is 1. The molecule has 0 aliphatic carbocycles. The lowest BCUT2D eigenvalue weighted by atomic mass is 10.1. The van der Waals surface area contributed by atoms with Gasteiger partial charge < -0.3 is 4.98 Å². The van der Waals surface area contributed by atoms with Crippen LogP contribution in [0.25, 0.3) is 33.8 Å². The molecule has 3 heterocycles. The summed E-state index contributed by atoms with van der Waals surface area (Å²) in [7, 11) is 0. The highest BCUT2D eigenvalue weighted by Crippen LogP contribution is 2.31. The molecule has 0 fully saturated rings. The Labute approximate surface area is 143 Å². The van der Waals surface area contributed by atoms with Gasteiger partial charge in [-0.25, -0.2) is 9.67 Å². The molecule has 0 aliphatic rings. The van der Waals surface area contributed by atoms with Crippen LogP contribution in [0.3, 0.4) is 0 Å². The quantitative estimate of drug-likeness (QED) is 0.582. The van der Waals surface area contributed by atoms with Gasteiger partial charge in [0.25, 0.3) is 0 Å². The average Bonchev–Trinajstić information content (AvgIpc) is 3.24. The monoisotopic (exact) mass is 340 g/mol. The molecule has 0 atom stereocenters. The highest BCUT2D eigenvalue weighted by Gasteiger charge is 2.18. The maximum atomic E-state index is 5.98. The first-order valence-corrected chi connectivity index (χ1v) is 8.17. The van der Waals surface area contributed by atoms with Crippen molar-refractivity contribution in [1.82, 2.24) is 29.9 Å². The van der Waals surface area contributed by atoms with E-state index in [0.717, 1.165) is 39.5 Å². The lowest BCUT2D eigenvalue weighted by Gasteiger charge is -2.04. The minimum Gasteiger partial charge on any atom is -0.335 e. The third kappa shape index (κ3) is 2.30. The molecule has 0 spiro atoms. The molecule has 0 bridgehead atoms. The molecule has 0 saturated carbocycles. The van der Waals surface area contributed by atoms with Gasteiger partial charge in [-0.3, -0.25) is 5.10 Å². The van der Waals surface area contributed by atoms with Gasteiger partial charge in [0.2, 0.25) is 0 Å². The van der Waals surface area contributed by atoms with Crippen molar-refractivity contribution in [3.8, 4) is 22.6 Å². The zero-order valence-corrected chi connectivity index (χ0v) is 14.4. The molecule has 24 heavy (non-hydrogen) atoms. The van der Waals surface area contributed by atoms with Crippen molar-refractivity contribution in [3.05, 3.63) is 41.2 Å². The normalized spacial score (nSPS) is 11.7. The van der Waals surface area contributed by atoms with Crippen LogP contribution >= 0.6 is 11.6 Å². The van der Waals surface area contributed by atoms with E-state index in [0.29, 0.717) is 5.02 Å². The Kier molecular flexibility index (Phi) is 3.42. The Morgan fingerprint density at radius 1 is 1.17 bits per heavy atom. The van der Waals surface area contributed by atoms with Crippen LogP contribution in [0.4, 0.5) is 0 Å². The Hall–Kier alpha value is -2.60. The van der Waals surface area contributed by atoms with Crippen LogP contribution in [-0.2, 0) is 0 Å². The van der Waals surface area contributed by atoms with E-state index in [1.165, 1.54) is 0 Å². The van der Waals surface area contributed by atoms with Crippen LogP contribution in [0.15, 0.2) is 30.5 Å². The molecule has 0 aliphatic heterocycles. The SMILES string of the molecule is Cc1nn(C(C)C)c2nc(-c3cn[nH]c3-c3ccc(Cl)cc3)[nH]c12. The highest BCUT2D eigenvalue weighted by molar-refractivity contribution is 6.30. The van der Waals surface area contributed by atoms with Crippen molar-refractivity contribution >= 4 is 22.8 Å². The van der Waals surface area contributed by atoms with Crippen molar-refractivity contribution in [3.63, 3.8) is 0 Å². The fourth-order valence-electron chi connectivity index (χ4n) is 2.83. The summed E-state index contributed by atoms with van der Waals surface area (Å²) >= 11 is 5.98. The maximum Gasteiger partial charge on any atom is 0.177 e. The van der Waals surface area contributed by atoms with Crippen LogP contribution in [0.2, 0.25) is 5.02 Å². The topological polar surface area (TPSA) is 75.2 Å². The Morgan fingerprint density at radius 2 is 1.92 bits per heavy atom. The summed E-state index contributed by atoms with van der Waals surface area (Å²) in [5, 5.41) is 12.5. The van der Waals surface area contributed by atoms with E-state index in [1.54, 1.807) is 6.20 Å². The number of halogens is 1. The van der Waals surface area contributed by atoms with Gasteiger partial charge in [-0.15, -0.1) is 0 Å². The molecule has 7 heteroatoms. The number of nitrogens with one attached hydrogen (secondary N) is 2. The minimum absolute atomic E-state index is 0.248. The van der Waals surface area contributed by atoms with Crippen LogP contribution in [0.5, 0.6) is 0 Å². The molecule has 0 saturated heterocycles. The largest absolute Gasteiger partial charge is 0.335 e. The van der Waals surface area contributed by atoms with Gasteiger partial charge >= 0.3 is 0 Å². The fraction of sp³-hybridized carbons (Fsp3) is 0.235. The number of nitrogens with zero attached hydrogens (tertiary/aromatic N) is 4. The summed E-state index contributed by atoms with van der Waals surface area (Å²) in [5.74, 6) is 0.776. The summed E-state index contributed by atoms with van der Waals surface area (Å²) < 4.78 is 1.94. The van der Waals surface area contributed by atoms with Gasteiger partial charge in [-0.2, -0.15) is 10.2 Å². The van der Waals surface area contributed by atoms with Crippen molar-refractivity contribution < 1.29 is 0 Å². The van der Waals surface area contributed by atoms with Crippen LogP contribution in [0.1, 0.15) is 25.6 Å². The summed E-state index contributed by atoms with van der Waals surface area (Å²) in [5.41, 5.74) is 5.60. The number of H-pyrrole nitrogens is 2. The van der Waals surface area contributed by atoms with E-state index in [2.05, 4.69) is 34.1 Å². The van der Waals surface area contributed by atoms with Gasteiger partial charge in [0.05, 0.1) is 23.1 Å². The lowest BCUT2D eigenvalue weighted by molar-refractivity contribution is 0.543. The van der Waals surface area contributed by atoms with E-state index in [-0.39, 0.29) is 6.04 Å². The van der Waals surface area contributed by atoms with Crippen LogP contribution in [-0.4, -0.2) is 29.9 Å². The molecular weight excluding hydrogens is 324 g/mol. The molecule has 6 nitrogen and oxygen atoms in total. The van der Waals surface area contributed by atoms with Crippen LogP contribution < -0.4 is 0 Å². The first kappa shape index (κ1) is 15.0. The number of hydrogen-bond acceptors (Lipinski definition) is 3. The molecule has 0 radical (unpaired) electrons. The van der Waals surface area contributed by atoms with Gasteiger partial charge in [0.1, 0.15) is 11.3 Å². The number of rotatable bonds is 3. The van der Waals surface area contributed by atoms with Crippen molar-refractivity contribution in [2.24, 2.45) is 0 Å². The second-order valence-electron chi connectivity index (χ2n) is 6.07. The highest BCUT2D eigenvalue weighted by atomic mass is 35.5. The number of benzene rings is 1. The summed E-state index contributed by atoms with van der Waals surface area (Å²) in [6.45, 7) is 6.17. The number of imidazole rings is 1. The van der Waals surface area contributed by atoms with Gasteiger partial charge in [0, 0.05) is 16.6 Å². The second-order valence-corrected chi connectivity index (χ2v) is 6.51. The first-order valence-electron chi connectivity index (χ1n) is 7.79. The predicted octanol–water partition coefficient (Wildman–Crippen LogP) is 4.36. The molecule has 3 aromatic heterocycles. The second kappa shape index (κ2) is 5.49. The zero-order chi connectivity index (χ0) is 16.8. The third-order valence-corrected chi connectivity index (χ3v) is 4.29. The minimum atomic E-state index is 0.248. The number of aromatic amines is 2. The summed E-state index contributed by atoms with van der Waals surface area (Å²) in [6.07, 6.45) is 1.78. The molecule has 122 valence electrons. The van der Waals surface area contributed by atoms with E-state index in [1.807, 2.05) is 35.9 Å². The van der Waals surface area contributed by atoms with Gasteiger partial charge in [0.15, 0.2) is 5.65 Å². The van der Waals surface area contributed by atoms with E-state index >= 15 is 0 Å². The Morgan fingerprint density at radius 3 is 2.62 bits per heavy atom. The molecule has 0 amide bonds. The maximum absolute atomic E-state index is 5.98. The molecule has 1 aromatic carbocycles. The summed E-state index contributed by atoms with van der Waals surface area (Å²) in [6, 6.07) is 7.89. The Bertz CT molecular complexity index is 1010. The molecular formula is C17H17ClN6. The summed E-state index contributed by atoms with van der Waals surface area (Å²) in [4.78, 5) is 8.14. The molecule has 2 N–H and O–H groups in total. The molecule has 4 rings (SSSR count). The number of fused-ring (bicyclic) bond motifs is 1. The standard InChI is InChI=1S/C17H17ClN6/c1-9(2)24-17-14(10(3)23-24)20-16(21-17)13-8-19-22-15(13)11-4-6-12(18)7-5-11/h4-9H,1-3H3,(H,19,22)(H,20,21). The smallest absolute Gasteiger partial charge is 0.177 e.